The topological polar surface area (TPSA) is 381 Å². The zero-order chi connectivity index (χ0) is 54.2. The van der Waals surface area contributed by atoms with Crippen LogP contribution >= 0.6 is 0 Å². The minimum Gasteiger partial charge on any atom is -0.391 e. The van der Waals surface area contributed by atoms with E-state index in [9.17, 15) is 53.1 Å². The molecule has 0 bridgehead atoms. The zero-order valence-electron chi connectivity index (χ0n) is 42.9. The largest absolute Gasteiger partial charge is 0.391 e. The summed E-state index contributed by atoms with van der Waals surface area (Å²) in [5, 5.41) is 31.7. The number of nitrogens with one attached hydrogen (secondary N) is 8. The van der Waals surface area contributed by atoms with Crippen molar-refractivity contribution in [3.05, 3.63) is 35.9 Å². The minimum absolute atomic E-state index is 0.0330. The number of likely N-dealkylation sites (tertiary alicyclic amines) is 1. The SMILES string of the molecule is CCC[C@H](NC(=O)[C@@H](NC(=O)[C@H](NC(=O)[C@H](Cc1ccccc1)NC(=O)CNC(C)=O)[C@@H](C)CC)[C@@H](C)O)C(=O)N[C@H](C(=O)N[C@@H](CCCN=C(N)N)C(=O)N1CCC[C@H]1C(=O)N[C@H](C)C(N)=O)[C@@H](C)CC. The molecule has 24 nitrogen and oxygen atoms in total. The third-order valence-corrected chi connectivity index (χ3v) is 12.5. The number of aliphatic hydroxyl groups is 1. The molecule has 1 aromatic carbocycles. The van der Waals surface area contributed by atoms with E-state index in [1.807, 2.05) is 0 Å². The van der Waals surface area contributed by atoms with Crippen LogP contribution in [0.15, 0.2) is 35.3 Å². The molecule has 0 radical (unpaired) electrons. The molecule has 1 aromatic rings. The van der Waals surface area contributed by atoms with E-state index < -0.39 is 132 Å². The maximum Gasteiger partial charge on any atom is 0.245 e. The van der Waals surface area contributed by atoms with Gasteiger partial charge in [-0.25, -0.2) is 0 Å². The van der Waals surface area contributed by atoms with Crippen LogP contribution in [0.1, 0.15) is 112 Å². The lowest BCUT2D eigenvalue weighted by Crippen LogP contribution is -2.63. The molecule has 402 valence electrons. The van der Waals surface area contributed by atoms with Crippen LogP contribution in [-0.2, 0) is 54.4 Å². The van der Waals surface area contributed by atoms with Gasteiger partial charge in [-0.15, -0.1) is 0 Å². The van der Waals surface area contributed by atoms with Gasteiger partial charge in [0.1, 0.15) is 48.3 Å². The number of aliphatic imine (C=N–C) groups is 1. The van der Waals surface area contributed by atoms with E-state index in [-0.39, 0.29) is 44.7 Å². The highest BCUT2D eigenvalue weighted by molar-refractivity contribution is 5.98. The number of guanidine groups is 1. The van der Waals surface area contributed by atoms with E-state index in [4.69, 9.17) is 17.2 Å². The number of hydrogen-bond acceptors (Lipinski definition) is 12. The van der Waals surface area contributed by atoms with Crippen molar-refractivity contribution in [2.24, 2.45) is 34.0 Å². The summed E-state index contributed by atoms with van der Waals surface area (Å²) in [6.07, 6.45) is 0.757. The average molecular weight is 1010 g/mol. The Morgan fingerprint density at radius 1 is 0.694 bits per heavy atom. The van der Waals surface area contributed by atoms with Gasteiger partial charge in [0.25, 0.3) is 0 Å². The molecule has 2 rings (SSSR count). The highest BCUT2D eigenvalue weighted by atomic mass is 16.3. The number of nitrogens with zero attached hydrogens (tertiary/aromatic N) is 2. The van der Waals surface area contributed by atoms with Crippen molar-refractivity contribution in [2.75, 3.05) is 19.6 Å². The molecule has 15 N–H and O–H groups in total. The Hall–Kier alpha value is -6.85. The number of hydrogen-bond donors (Lipinski definition) is 12. The van der Waals surface area contributed by atoms with Gasteiger partial charge in [-0.05, 0) is 63.4 Å². The summed E-state index contributed by atoms with van der Waals surface area (Å²) in [5.41, 5.74) is 17.0. The smallest absolute Gasteiger partial charge is 0.245 e. The first-order valence-electron chi connectivity index (χ1n) is 24.7. The monoisotopic (exact) mass is 1010 g/mol. The van der Waals surface area contributed by atoms with Crippen molar-refractivity contribution >= 4 is 65.0 Å². The molecule has 1 saturated heterocycles. The summed E-state index contributed by atoms with van der Waals surface area (Å²) in [6, 6.07) is -0.975. The number of carbonyl (C=O) groups excluding carboxylic acids is 10. The van der Waals surface area contributed by atoms with Crippen molar-refractivity contribution < 1.29 is 53.1 Å². The molecule has 11 atom stereocenters. The normalized spacial score (nSPS) is 17.3. The van der Waals surface area contributed by atoms with E-state index in [1.54, 1.807) is 65.0 Å². The second kappa shape index (κ2) is 30.8. The summed E-state index contributed by atoms with van der Waals surface area (Å²) >= 11 is 0. The lowest BCUT2D eigenvalue weighted by atomic mass is 9.96. The molecule has 0 unspecified atom stereocenters. The van der Waals surface area contributed by atoms with Gasteiger partial charge in [0.15, 0.2) is 5.96 Å². The zero-order valence-corrected chi connectivity index (χ0v) is 42.9. The first-order valence-corrected chi connectivity index (χ1v) is 24.7. The summed E-state index contributed by atoms with van der Waals surface area (Å²) < 4.78 is 0. The molecule has 72 heavy (non-hydrogen) atoms. The Morgan fingerprint density at radius 3 is 1.76 bits per heavy atom. The Morgan fingerprint density at radius 2 is 1.24 bits per heavy atom. The van der Waals surface area contributed by atoms with Crippen LogP contribution in [0, 0.1) is 11.8 Å². The summed E-state index contributed by atoms with van der Waals surface area (Å²) in [6.45, 7) is 12.5. The van der Waals surface area contributed by atoms with Crippen LogP contribution in [0.3, 0.4) is 0 Å². The van der Waals surface area contributed by atoms with Gasteiger partial charge < -0.3 is 69.7 Å². The molecule has 24 heteroatoms. The van der Waals surface area contributed by atoms with Gasteiger partial charge in [-0.2, -0.15) is 0 Å². The molecule has 0 aromatic heterocycles. The molecule has 0 spiro atoms. The number of rotatable bonds is 30. The van der Waals surface area contributed by atoms with Gasteiger partial charge in [0.05, 0.1) is 12.6 Å². The van der Waals surface area contributed by atoms with E-state index in [0.29, 0.717) is 37.7 Å². The van der Waals surface area contributed by atoms with Crippen molar-refractivity contribution in [3.63, 3.8) is 0 Å². The molecule has 0 aliphatic carbocycles. The standard InChI is InChI=1S/C48H79N13O11/c1-9-17-32(41(66)58-37(26(4)10-2)44(69)57-33(20-15-22-52-48(50)51)47(72)61-23-16-21-35(61)43(68)54-28(6)40(49)65)56-46(71)39(29(7)62)60-45(70)38(27(5)11-3)59-42(67)34(24-31-18-13-12-14-19-31)55-36(64)25-53-30(8)63/h12-14,18-19,26-29,32-35,37-39,62H,9-11,15-17,20-25H2,1-8H3,(H2,49,65)(H,53,63)(H,54,68)(H,55,64)(H,56,71)(H,57,69)(H,58,66)(H,59,67)(H,60,70)(H4,50,51,52)/t26-,27-,28+,29+,32-,33-,34-,35-,37-,38+,39-/m0/s1. The van der Waals surface area contributed by atoms with Gasteiger partial charge in [0, 0.05) is 26.4 Å². The number of aliphatic hydroxyl groups excluding tert-OH is 1. The van der Waals surface area contributed by atoms with Crippen LogP contribution in [-0.4, -0.2) is 149 Å². The maximum atomic E-state index is 14.2. The van der Waals surface area contributed by atoms with E-state index in [0.717, 1.165) is 0 Å². The third-order valence-electron chi connectivity index (χ3n) is 12.5. The lowest BCUT2D eigenvalue weighted by molar-refractivity contribution is -0.142. The van der Waals surface area contributed by atoms with E-state index >= 15 is 0 Å². The van der Waals surface area contributed by atoms with Gasteiger partial charge in [-0.3, -0.25) is 52.9 Å². The quantitative estimate of drug-likeness (QED) is 0.0217. The highest BCUT2D eigenvalue weighted by Crippen LogP contribution is 2.21. The van der Waals surface area contributed by atoms with Gasteiger partial charge >= 0.3 is 0 Å². The lowest BCUT2D eigenvalue weighted by Gasteiger charge is -2.32. The van der Waals surface area contributed by atoms with Crippen LogP contribution < -0.4 is 59.7 Å². The number of carbonyl (C=O) groups is 10. The van der Waals surface area contributed by atoms with Gasteiger partial charge in [-0.1, -0.05) is 84.2 Å². The second-order valence-corrected chi connectivity index (χ2v) is 18.4. The molecule has 1 aliphatic rings. The number of primary amides is 1. The van der Waals surface area contributed by atoms with Crippen LogP contribution in [0.5, 0.6) is 0 Å². The Kier molecular flexibility index (Phi) is 26.2. The van der Waals surface area contributed by atoms with Gasteiger partial charge in [0.2, 0.25) is 59.1 Å². The average Bonchev–Trinajstić information content (AvgIpc) is 3.83. The van der Waals surface area contributed by atoms with Crippen molar-refractivity contribution in [2.45, 2.75) is 168 Å². The summed E-state index contributed by atoms with van der Waals surface area (Å²) in [5.74, 6) is -8.26. The Balaban J connectivity index is 2.36. The maximum absolute atomic E-state index is 14.2. The molecule has 1 aliphatic heterocycles. The van der Waals surface area contributed by atoms with Crippen molar-refractivity contribution in [3.8, 4) is 0 Å². The fourth-order valence-corrected chi connectivity index (χ4v) is 7.79. The Labute approximate surface area is 421 Å². The molecular weight excluding hydrogens is 935 g/mol. The fraction of sp³-hybridized carbons (Fsp3) is 0.646. The molecule has 0 saturated carbocycles. The second-order valence-electron chi connectivity index (χ2n) is 18.4. The molecule has 1 heterocycles. The number of amides is 10. The minimum atomic E-state index is -1.64. The Bertz CT molecular complexity index is 2050. The predicted molar refractivity (Wildman–Crippen MR) is 267 cm³/mol. The van der Waals surface area contributed by atoms with Crippen LogP contribution in [0.4, 0.5) is 0 Å². The van der Waals surface area contributed by atoms with Crippen molar-refractivity contribution in [1.29, 1.82) is 0 Å². The number of benzene rings is 1. The third kappa shape index (κ3) is 20.1. The van der Waals surface area contributed by atoms with E-state index in [2.05, 4.69) is 47.5 Å². The van der Waals surface area contributed by atoms with Crippen LogP contribution in [0.25, 0.3) is 0 Å². The molecular formula is C48H79N13O11. The number of nitrogens with two attached hydrogens (primary N) is 3. The molecule has 1 fully saturated rings. The fourth-order valence-electron chi connectivity index (χ4n) is 7.79. The van der Waals surface area contributed by atoms with Crippen LogP contribution in [0.2, 0.25) is 0 Å². The highest BCUT2D eigenvalue weighted by Gasteiger charge is 2.40. The van der Waals surface area contributed by atoms with E-state index in [1.165, 1.54) is 25.7 Å². The first-order chi connectivity index (χ1) is 33.9. The first kappa shape index (κ1) is 61.3. The molecule has 10 amide bonds. The summed E-state index contributed by atoms with van der Waals surface area (Å²) in [7, 11) is 0. The summed E-state index contributed by atoms with van der Waals surface area (Å²) in [4.78, 5) is 139. The predicted octanol–water partition coefficient (Wildman–Crippen LogP) is -2.42. The van der Waals surface area contributed by atoms with Crippen molar-refractivity contribution in [1.82, 2.24) is 47.4 Å².